The zero-order valence-corrected chi connectivity index (χ0v) is 13.6. The summed E-state index contributed by atoms with van der Waals surface area (Å²) in [5, 5.41) is 0. The highest BCUT2D eigenvalue weighted by molar-refractivity contribution is 9.10. The van der Waals surface area contributed by atoms with E-state index in [2.05, 4.69) is 51.9 Å². The molecule has 0 spiro atoms. The Morgan fingerprint density at radius 1 is 1.40 bits per heavy atom. The molecule has 0 saturated carbocycles. The minimum absolute atomic E-state index is 0.0599. The van der Waals surface area contributed by atoms with Crippen LogP contribution in [0.3, 0.4) is 0 Å². The first-order valence-electron chi connectivity index (χ1n) is 6.65. The third kappa shape index (κ3) is 3.04. The summed E-state index contributed by atoms with van der Waals surface area (Å²) in [6.45, 7) is 4.81. The summed E-state index contributed by atoms with van der Waals surface area (Å²) >= 11 is 3.38. The number of benzene rings is 1. The molecule has 1 atom stereocenters. The first-order chi connectivity index (χ1) is 9.56. The predicted octanol–water partition coefficient (Wildman–Crippen LogP) is 3.39. The van der Waals surface area contributed by atoms with Gasteiger partial charge < -0.3 is 15.5 Å². The third-order valence-corrected chi connectivity index (χ3v) is 3.81. The second-order valence-corrected chi connectivity index (χ2v) is 5.92. The highest BCUT2D eigenvalue weighted by atomic mass is 79.9. The van der Waals surface area contributed by atoms with Gasteiger partial charge in [-0.2, -0.15) is 0 Å². The molecular weight excluding hydrogens is 318 g/mol. The van der Waals surface area contributed by atoms with Crippen LogP contribution in [0.1, 0.15) is 42.6 Å². The number of nitrogens with two attached hydrogens (primary N) is 1. The molecule has 4 nitrogen and oxygen atoms in total. The average Bonchev–Trinajstić information content (AvgIpc) is 2.86. The Kier molecular flexibility index (Phi) is 4.83. The number of halogens is 1. The van der Waals surface area contributed by atoms with E-state index in [9.17, 15) is 0 Å². The Labute approximate surface area is 127 Å². The van der Waals surface area contributed by atoms with Gasteiger partial charge in [-0.3, -0.25) is 0 Å². The summed E-state index contributed by atoms with van der Waals surface area (Å²) in [5.74, 6) is 2.25. The number of rotatable bonds is 5. The first-order valence-corrected chi connectivity index (χ1v) is 7.44. The molecule has 0 fully saturated rings. The molecule has 5 heteroatoms. The van der Waals surface area contributed by atoms with Gasteiger partial charge in [-0.15, -0.1) is 0 Å². The van der Waals surface area contributed by atoms with Gasteiger partial charge in [0.15, 0.2) is 0 Å². The Bertz CT molecular complexity index is 580. The van der Waals surface area contributed by atoms with Crippen LogP contribution in [0.4, 0.5) is 0 Å². The maximum Gasteiger partial charge on any atom is 0.122 e. The Morgan fingerprint density at radius 3 is 2.65 bits per heavy atom. The van der Waals surface area contributed by atoms with Crippen molar-refractivity contribution in [3.05, 3.63) is 46.0 Å². The van der Waals surface area contributed by atoms with Crippen LogP contribution in [0.2, 0.25) is 0 Å². The monoisotopic (exact) mass is 337 g/mol. The van der Waals surface area contributed by atoms with Crippen LogP contribution in [-0.4, -0.2) is 23.6 Å². The minimum atomic E-state index is 0.0599. The van der Waals surface area contributed by atoms with Gasteiger partial charge in [0.1, 0.15) is 16.2 Å². The van der Waals surface area contributed by atoms with Gasteiger partial charge >= 0.3 is 0 Å². The van der Waals surface area contributed by atoms with E-state index < -0.39 is 0 Å². The van der Waals surface area contributed by atoms with Gasteiger partial charge in [0.25, 0.3) is 0 Å². The Hall–Kier alpha value is -1.33. The van der Waals surface area contributed by atoms with E-state index in [0.29, 0.717) is 12.5 Å². The van der Waals surface area contributed by atoms with Crippen LogP contribution in [-0.2, 0) is 0 Å². The Balaban J connectivity index is 2.42. The van der Waals surface area contributed by atoms with Crippen LogP contribution < -0.4 is 10.5 Å². The van der Waals surface area contributed by atoms with Crippen molar-refractivity contribution >= 4 is 15.9 Å². The highest BCUT2D eigenvalue weighted by Gasteiger charge is 2.18. The number of ether oxygens (including phenoxy) is 1. The summed E-state index contributed by atoms with van der Waals surface area (Å²) in [6, 6.07) is 6.22. The van der Waals surface area contributed by atoms with E-state index in [0.717, 1.165) is 21.7 Å². The van der Waals surface area contributed by atoms with Crippen molar-refractivity contribution in [1.82, 2.24) is 9.97 Å². The standard InChI is InChI=1S/C15H20BrN3O/c1-9(2)11-6-10(4-5-13(11)20-3)12(7-17)15-18-8-14(16)19-15/h4-6,8-9,12H,7,17H2,1-3H3,(H,18,19). The first kappa shape index (κ1) is 15.1. The van der Waals surface area contributed by atoms with E-state index >= 15 is 0 Å². The molecule has 0 aliphatic carbocycles. The fourth-order valence-corrected chi connectivity index (χ4v) is 2.62. The van der Waals surface area contributed by atoms with E-state index in [1.165, 1.54) is 5.56 Å². The van der Waals surface area contributed by atoms with E-state index in [1.807, 2.05) is 6.07 Å². The van der Waals surface area contributed by atoms with Gasteiger partial charge in [-0.1, -0.05) is 26.0 Å². The zero-order valence-electron chi connectivity index (χ0n) is 12.0. The molecule has 20 heavy (non-hydrogen) atoms. The van der Waals surface area contributed by atoms with Crippen molar-refractivity contribution < 1.29 is 4.74 Å². The number of H-pyrrole nitrogens is 1. The molecule has 1 heterocycles. The quantitative estimate of drug-likeness (QED) is 0.878. The predicted molar refractivity (Wildman–Crippen MR) is 84.3 cm³/mol. The number of aromatic nitrogens is 2. The van der Waals surface area contributed by atoms with Crippen molar-refractivity contribution in [3.63, 3.8) is 0 Å². The molecule has 0 aliphatic rings. The van der Waals surface area contributed by atoms with Crippen LogP contribution in [0.25, 0.3) is 0 Å². The molecule has 3 N–H and O–H groups in total. The molecule has 0 aliphatic heterocycles. The number of methoxy groups -OCH3 is 1. The summed E-state index contributed by atoms with van der Waals surface area (Å²) in [6.07, 6.45) is 1.75. The third-order valence-electron chi connectivity index (χ3n) is 3.41. The fourth-order valence-electron chi connectivity index (χ4n) is 2.32. The summed E-state index contributed by atoms with van der Waals surface area (Å²) in [4.78, 5) is 7.56. The number of aromatic amines is 1. The number of imidazole rings is 1. The van der Waals surface area contributed by atoms with Gasteiger partial charge in [-0.05, 0) is 39.0 Å². The Morgan fingerprint density at radius 2 is 2.15 bits per heavy atom. The van der Waals surface area contributed by atoms with Crippen molar-refractivity contribution in [2.45, 2.75) is 25.7 Å². The largest absolute Gasteiger partial charge is 0.496 e. The summed E-state index contributed by atoms with van der Waals surface area (Å²) < 4.78 is 6.29. The molecule has 2 rings (SSSR count). The van der Waals surface area contributed by atoms with Crippen LogP contribution in [0.5, 0.6) is 5.75 Å². The SMILES string of the molecule is COc1ccc(C(CN)c2ncc(Br)[nH]2)cc1C(C)C. The van der Waals surface area contributed by atoms with Gasteiger partial charge in [-0.25, -0.2) is 4.98 Å². The average molecular weight is 338 g/mol. The van der Waals surface area contributed by atoms with Crippen LogP contribution in [0, 0.1) is 0 Å². The van der Waals surface area contributed by atoms with Crippen molar-refractivity contribution in [1.29, 1.82) is 0 Å². The second-order valence-electron chi connectivity index (χ2n) is 5.06. The molecular formula is C15H20BrN3O. The van der Waals surface area contributed by atoms with E-state index in [1.54, 1.807) is 13.3 Å². The zero-order chi connectivity index (χ0) is 14.7. The number of hydrogen-bond donors (Lipinski definition) is 2. The maximum atomic E-state index is 5.94. The highest BCUT2D eigenvalue weighted by Crippen LogP contribution is 2.31. The molecule has 1 unspecified atom stereocenters. The second kappa shape index (κ2) is 6.41. The van der Waals surface area contributed by atoms with Crippen LogP contribution in [0.15, 0.2) is 29.0 Å². The van der Waals surface area contributed by atoms with Crippen molar-refractivity contribution in [2.75, 3.05) is 13.7 Å². The van der Waals surface area contributed by atoms with Gasteiger partial charge in [0.05, 0.1) is 19.2 Å². The number of hydrogen-bond acceptors (Lipinski definition) is 3. The number of nitrogens with one attached hydrogen (secondary N) is 1. The smallest absolute Gasteiger partial charge is 0.122 e. The van der Waals surface area contributed by atoms with Gasteiger partial charge in [0.2, 0.25) is 0 Å². The van der Waals surface area contributed by atoms with E-state index in [-0.39, 0.29) is 5.92 Å². The van der Waals surface area contributed by atoms with Gasteiger partial charge in [0, 0.05) is 6.54 Å². The van der Waals surface area contributed by atoms with Crippen LogP contribution >= 0.6 is 15.9 Å². The molecule has 2 aromatic rings. The topological polar surface area (TPSA) is 63.9 Å². The van der Waals surface area contributed by atoms with E-state index in [4.69, 9.17) is 10.5 Å². The fraction of sp³-hybridized carbons (Fsp3) is 0.400. The molecule has 1 aromatic carbocycles. The molecule has 0 saturated heterocycles. The normalized spacial score (nSPS) is 12.7. The molecule has 0 bridgehead atoms. The minimum Gasteiger partial charge on any atom is -0.496 e. The lowest BCUT2D eigenvalue weighted by molar-refractivity contribution is 0.407. The van der Waals surface area contributed by atoms with Crippen molar-refractivity contribution in [3.8, 4) is 5.75 Å². The lowest BCUT2D eigenvalue weighted by Crippen LogP contribution is -2.15. The lowest BCUT2D eigenvalue weighted by atomic mass is 9.92. The summed E-state index contributed by atoms with van der Waals surface area (Å²) in [5.41, 5.74) is 8.28. The summed E-state index contributed by atoms with van der Waals surface area (Å²) in [7, 11) is 1.70. The lowest BCUT2D eigenvalue weighted by Gasteiger charge is -2.18. The molecule has 108 valence electrons. The molecule has 0 radical (unpaired) electrons. The maximum absolute atomic E-state index is 5.94. The molecule has 0 amide bonds. The van der Waals surface area contributed by atoms with Crippen molar-refractivity contribution in [2.24, 2.45) is 5.73 Å². The number of nitrogens with zero attached hydrogens (tertiary/aromatic N) is 1. The molecule has 1 aromatic heterocycles.